The molecule has 2 aliphatic carbocycles. The standard InChI is InChI=1S/C17H25BrN2/c1-19-10-14-9-16(18)5-6-17(14)20(2)11-15-8-12-3-4-13(15)7-12/h5-6,9,12-13,15,19H,3-4,7-8,10-11H2,1-2H3. The minimum absolute atomic E-state index is 0.921. The van der Waals surface area contributed by atoms with E-state index >= 15 is 0 Å². The van der Waals surface area contributed by atoms with E-state index in [1.807, 2.05) is 7.05 Å². The Hall–Kier alpha value is -0.540. The van der Waals surface area contributed by atoms with E-state index in [0.717, 1.165) is 24.3 Å². The summed E-state index contributed by atoms with van der Waals surface area (Å²) in [6.45, 7) is 2.15. The third-order valence-electron chi connectivity index (χ3n) is 5.21. The zero-order valence-corrected chi connectivity index (χ0v) is 14.1. The molecule has 0 aromatic heterocycles. The number of nitrogens with zero attached hydrogens (tertiary/aromatic N) is 1. The van der Waals surface area contributed by atoms with Crippen molar-refractivity contribution in [3.8, 4) is 0 Å². The maximum Gasteiger partial charge on any atom is 0.0410 e. The van der Waals surface area contributed by atoms with Crippen LogP contribution in [0.5, 0.6) is 0 Å². The quantitative estimate of drug-likeness (QED) is 0.872. The molecule has 0 heterocycles. The Bertz CT molecular complexity index is 474. The zero-order valence-electron chi connectivity index (χ0n) is 12.5. The summed E-state index contributed by atoms with van der Waals surface area (Å²) in [6.07, 6.45) is 5.94. The number of hydrogen-bond acceptors (Lipinski definition) is 2. The van der Waals surface area contributed by atoms with Crippen molar-refractivity contribution < 1.29 is 0 Å². The van der Waals surface area contributed by atoms with Gasteiger partial charge in [-0.1, -0.05) is 22.4 Å². The van der Waals surface area contributed by atoms with Crippen molar-refractivity contribution in [2.75, 3.05) is 25.5 Å². The SMILES string of the molecule is CNCc1cc(Br)ccc1N(C)CC1CC2CCC1C2. The molecule has 1 aromatic carbocycles. The average molecular weight is 337 g/mol. The fourth-order valence-electron chi connectivity index (χ4n) is 4.31. The summed E-state index contributed by atoms with van der Waals surface area (Å²) in [5, 5.41) is 3.28. The van der Waals surface area contributed by atoms with Crippen LogP contribution in [0.3, 0.4) is 0 Å². The van der Waals surface area contributed by atoms with E-state index in [-0.39, 0.29) is 0 Å². The molecule has 2 saturated carbocycles. The van der Waals surface area contributed by atoms with Crippen molar-refractivity contribution in [3.05, 3.63) is 28.2 Å². The summed E-state index contributed by atoms with van der Waals surface area (Å²) in [6, 6.07) is 6.65. The summed E-state index contributed by atoms with van der Waals surface area (Å²) < 4.78 is 1.17. The number of hydrogen-bond donors (Lipinski definition) is 1. The summed E-state index contributed by atoms with van der Waals surface area (Å²) in [5.41, 5.74) is 2.76. The number of nitrogens with one attached hydrogen (secondary N) is 1. The van der Waals surface area contributed by atoms with Crippen molar-refractivity contribution in [2.45, 2.75) is 32.2 Å². The van der Waals surface area contributed by atoms with Gasteiger partial charge in [-0.25, -0.2) is 0 Å². The first kappa shape index (κ1) is 14.4. The molecule has 0 amide bonds. The third-order valence-corrected chi connectivity index (χ3v) is 5.71. The van der Waals surface area contributed by atoms with Gasteiger partial charge in [0.25, 0.3) is 0 Å². The fourth-order valence-corrected chi connectivity index (χ4v) is 4.72. The van der Waals surface area contributed by atoms with Gasteiger partial charge in [0.1, 0.15) is 0 Å². The maximum atomic E-state index is 3.58. The largest absolute Gasteiger partial charge is 0.374 e. The lowest BCUT2D eigenvalue weighted by molar-refractivity contribution is 0.337. The van der Waals surface area contributed by atoms with Crippen LogP contribution in [-0.4, -0.2) is 20.6 Å². The van der Waals surface area contributed by atoms with Gasteiger partial charge in [0.15, 0.2) is 0 Å². The van der Waals surface area contributed by atoms with E-state index in [4.69, 9.17) is 0 Å². The first-order valence-corrected chi connectivity index (χ1v) is 8.61. The van der Waals surface area contributed by atoms with Gasteiger partial charge in [0.2, 0.25) is 0 Å². The summed E-state index contributed by atoms with van der Waals surface area (Å²) in [7, 11) is 4.27. The highest BCUT2D eigenvalue weighted by molar-refractivity contribution is 9.10. The van der Waals surface area contributed by atoms with Crippen molar-refractivity contribution >= 4 is 21.6 Å². The second-order valence-electron chi connectivity index (χ2n) is 6.62. The fraction of sp³-hybridized carbons (Fsp3) is 0.647. The number of benzene rings is 1. The molecule has 2 fully saturated rings. The molecular weight excluding hydrogens is 312 g/mol. The number of halogens is 1. The second-order valence-corrected chi connectivity index (χ2v) is 7.53. The zero-order chi connectivity index (χ0) is 14.1. The van der Waals surface area contributed by atoms with E-state index in [1.165, 1.54) is 48.0 Å². The molecule has 0 saturated heterocycles. The van der Waals surface area contributed by atoms with Gasteiger partial charge in [0, 0.05) is 30.3 Å². The van der Waals surface area contributed by atoms with Gasteiger partial charge in [-0.05, 0) is 67.8 Å². The highest BCUT2D eigenvalue weighted by atomic mass is 79.9. The highest BCUT2D eigenvalue weighted by Gasteiger charge is 2.39. The molecule has 0 radical (unpaired) electrons. The topological polar surface area (TPSA) is 15.3 Å². The predicted octanol–water partition coefficient (Wildman–Crippen LogP) is 4.04. The molecule has 110 valence electrons. The minimum atomic E-state index is 0.921. The molecule has 3 heteroatoms. The van der Waals surface area contributed by atoms with Crippen LogP contribution in [0.25, 0.3) is 0 Å². The average Bonchev–Trinajstić information content (AvgIpc) is 3.01. The van der Waals surface area contributed by atoms with Crippen LogP contribution in [0.15, 0.2) is 22.7 Å². The number of rotatable bonds is 5. The van der Waals surface area contributed by atoms with Gasteiger partial charge >= 0.3 is 0 Å². The van der Waals surface area contributed by atoms with Crippen molar-refractivity contribution in [1.29, 1.82) is 0 Å². The summed E-state index contributed by atoms with van der Waals surface area (Å²) in [5.74, 6) is 2.97. The Morgan fingerprint density at radius 2 is 2.15 bits per heavy atom. The smallest absolute Gasteiger partial charge is 0.0410 e. The molecule has 3 unspecified atom stereocenters. The lowest BCUT2D eigenvalue weighted by atomic mass is 9.88. The van der Waals surface area contributed by atoms with Crippen LogP contribution in [0.1, 0.15) is 31.2 Å². The van der Waals surface area contributed by atoms with Crippen LogP contribution in [0, 0.1) is 17.8 Å². The van der Waals surface area contributed by atoms with Crippen molar-refractivity contribution in [3.63, 3.8) is 0 Å². The first-order chi connectivity index (χ1) is 9.67. The van der Waals surface area contributed by atoms with Crippen molar-refractivity contribution in [2.24, 2.45) is 17.8 Å². The van der Waals surface area contributed by atoms with Gasteiger partial charge < -0.3 is 10.2 Å². The van der Waals surface area contributed by atoms with E-state index < -0.39 is 0 Å². The second kappa shape index (κ2) is 6.07. The normalized spacial score (nSPS) is 28.1. The molecule has 3 atom stereocenters. The molecule has 20 heavy (non-hydrogen) atoms. The van der Waals surface area contributed by atoms with Crippen LogP contribution in [0.2, 0.25) is 0 Å². The van der Waals surface area contributed by atoms with Crippen LogP contribution >= 0.6 is 15.9 Å². The van der Waals surface area contributed by atoms with Gasteiger partial charge in [-0.2, -0.15) is 0 Å². The third kappa shape index (κ3) is 2.89. The van der Waals surface area contributed by atoms with Crippen molar-refractivity contribution in [1.82, 2.24) is 5.32 Å². The molecule has 2 bridgehead atoms. The Morgan fingerprint density at radius 1 is 1.30 bits per heavy atom. The minimum Gasteiger partial charge on any atom is -0.374 e. The lowest BCUT2D eigenvalue weighted by Crippen LogP contribution is -2.29. The summed E-state index contributed by atoms with van der Waals surface area (Å²) in [4.78, 5) is 2.48. The molecule has 3 rings (SSSR count). The van der Waals surface area contributed by atoms with Gasteiger partial charge in [-0.3, -0.25) is 0 Å². The molecule has 2 aliphatic rings. The highest BCUT2D eigenvalue weighted by Crippen LogP contribution is 2.48. The van der Waals surface area contributed by atoms with Gasteiger partial charge in [-0.15, -0.1) is 0 Å². The Morgan fingerprint density at radius 3 is 2.80 bits per heavy atom. The molecule has 0 aliphatic heterocycles. The van der Waals surface area contributed by atoms with E-state index in [1.54, 1.807) is 0 Å². The monoisotopic (exact) mass is 336 g/mol. The molecule has 1 N–H and O–H groups in total. The van der Waals surface area contributed by atoms with E-state index in [9.17, 15) is 0 Å². The number of fused-ring (bicyclic) bond motifs is 2. The molecule has 2 nitrogen and oxygen atoms in total. The van der Waals surface area contributed by atoms with E-state index in [0.29, 0.717) is 0 Å². The Labute approximate surface area is 131 Å². The van der Waals surface area contributed by atoms with Crippen LogP contribution in [0.4, 0.5) is 5.69 Å². The first-order valence-electron chi connectivity index (χ1n) is 7.81. The number of anilines is 1. The Kier molecular flexibility index (Phi) is 4.37. The summed E-state index contributed by atoms with van der Waals surface area (Å²) >= 11 is 3.58. The van der Waals surface area contributed by atoms with Gasteiger partial charge in [0.05, 0.1) is 0 Å². The molecular formula is C17H25BrN2. The van der Waals surface area contributed by atoms with Crippen LogP contribution in [-0.2, 0) is 6.54 Å². The van der Waals surface area contributed by atoms with E-state index in [2.05, 4.69) is 51.4 Å². The Balaban J connectivity index is 1.71. The molecule has 0 spiro atoms. The predicted molar refractivity (Wildman–Crippen MR) is 89.1 cm³/mol. The molecule has 1 aromatic rings. The lowest BCUT2D eigenvalue weighted by Gasteiger charge is -2.30. The maximum absolute atomic E-state index is 3.58. The van der Waals surface area contributed by atoms with Crippen LogP contribution < -0.4 is 10.2 Å².